The van der Waals surface area contributed by atoms with Gasteiger partial charge in [-0.2, -0.15) is 0 Å². The van der Waals surface area contributed by atoms with Gasteiger partial charge < -0.3 is 10.4 Å². The van der Waals surface area contributed by atoms with Crippen molar-refractivity contribution < 1.29 is 9.90 Å². The van der Waals surface area contributed by atoms with Gasteiger partial charge in [-0.1, -0.05) is 32.4 Å². The van der Waals surface area contributed by atoms with Gasteiger partial charge in [-0.25, -0.2) is 4.79 Å². The number of benzene rings is 1. The fourth-order valence-corrected chi connectivity index (χ4v) is 1.65. The van der Waals surface area contributed by atoms with Crippen molar-refractivity contribution in [3.63, 3.8) is 0 Å². The number of hydrogen-bond donors (Lipinski definition) is 2. The summed E-state index contributed by atoms with van der Waals surface area (Å²) in [5.74, 6) is -0.250. The lowest BCUT2D eigenvalue weighted by Crippen LogP contribution is -2.31. The zero-order chi connectivity index (χ0) is 12.8. The summed E-state index contributed by atoms with van der Waals surface area (Å²) in [6.45, 7) is 7.26. The zero-order valence-electron chi connectivity index (χ0n) is 10.7. The fourth-order valence-electron chi connectivity index (χ4n) is 1.65. The molecule has 2 unspecified atom stereocenters. The van der Waals surface area contributed by atoms with Gasteiger partial charge in [0, 0.05) is 12.6 Å². The van der Waals surface area contributed by atoms with Crippen LogP contribution in [0.2, 0.25) is 0 Å². The summed E-state index contributed by atoms with van der Waals surface area (Å²) in [5, 5.41) is 12.3. The molecule has 0 radical (unpaired) electrons. The number of carboxylic acids is 1. The van der Waals surface area contributed by atoms with Crippen molar-refractivity contribution in [2.45, 2.75) is 39.8 Å². The van der Waals surface area contributed by atoms with Crippen molar-refractivity contribution in [3.05, 3.63) is 35.4 Å². The van der Waals surface area contributed by atoms with Crippen LogP contribution in [0.25, 0.3) is 0 Å². The van der Waals surface area contributed by atoms with E-state index in [1.54, 1.807) is 18.2 Å². The van der Waals surface area contributed by atoms with E-state index in [9.17, 15) is 4.79 Å². The van der Waals surface area contributed by atoms with E-state index in [1.165, 1.54) is 0 Å². The topological polar surface area (TPSA) is 49.3 Å². The van der Waals surface area contributed by atoms with Gasteiger partial charge >= 0.3 is 5.97 Å². The molecule has 0 bridgehead atoms. The third kappa shape index (κ3) is 4.19. The Hall–Kier alpha value is -1.35. The lowest BCUT2D eigenvalue weighted by molar-refractivity contribution is 0.0696. The summed E-state index contributed by atoms with van der Waals surface area (Å²) < 4.78 is 0. The highest BCUT2D eigenvalue weighted by Crippen LogP contribution is 2.09. The third-order valence-corrected chi connectivity index (χ3v) is 3.30. The van der Waals surface area contributed by atoms with Gasteiger partial charge in [0.15, 0.2) is 0 Å². The van der Waals surface area contributed by atoms with Crippen molar-refractivity contribution in [2.24, 2.45) is 5.92 Å². The molecule has 1 aromatic carbocycles. The average Bonchev–Trinajstić information content (AvgIpc) is 2.35. The zero-order valence-corrected chi connectivity index (χ0v) is 10.7. The van der Waals surface area contributed by atoms with Crippen molar-refractivity contribution in [3.8, 4) is 0 Å². The van der Waals surface area contributed by atoms with E-state index in [1.807, 2.05) is 6.07 Å². The van der Waals surface area contributed by atoms with Gasteiger partial charge in [0.1, 0.15) is 0 Å². The second kappa shape index (κ2) is 6.40. The van der Waals surface area contributed by atoms with Crippen LogP contribution in [0.3, 0.4) is 0 Å². The molecule has 0 aromatic heterocycles. The number of hydrogen-bond acceptors (Lipinski definition) is 2. The van der Waals surface area contributed by atoms with Crippen molar-refractivity contribution in [1.82, 2.24) is 5.32 Å². The van der Waals surface area contributed by atoms with Crippen LogP contribution >= 0.6 is 0 Å². The number of carboxylic acid groups (broad SMARTS) is 1. The molecule has 3 nitrogen and oxygen atoms in total. The lowest BCUT2D eigenvalue weighted by atomic mass is 10.0. The largest absolute Gasteiger partial charge is 0.478 e. The molecule has 0 aliphatic heterocycles. The molecule has 0 heterocycles. The lowest BCUT2D eigenvalue weighted by Gasteiger charge is -2.20. The van der Waals surface area contributed by atoms with E-state index >= 15 is 0 Å². The summed E-state index contributed by atoms with van der Waals surface area (Å²) in [4.78, 5) is 10.8. The van der Waals surface area contributed by atoms with Gasteiger partial charge in [-0.05, 0) is 30.5 Å². The standard InChI is InChI=1S/C14H21NO2/c1-4-10(2)11(3)15-9-12-6-5-7-13(8-12)14(16)17/h5-8,10-11,15H,4,9H2,1-3H3,(H,16,17). The fraction of sp³-hybridized carbons (Fsp3) is 0.500. The monoisotopic (exact) mass is 235 g/mol. The van der Waals surface area contributed by atoms with Crippen LogP contribution in [0.4, 0.5) is 0 Å². The maximum atomic E-state index is 10.8. The first-order chi connectivity index (χ1) is 8.04. The molecule has 0 amide bonds. The van der Waals surface area contributed by atoms with E-state index in [0.717, 1.165) is 12.0 Å². The van der Waals surface area contributed by atoms with Crippen LogP contribution in [-0.2, 0) is 6.54 Å². The Kier molecular flexibility index (Phi) is 5.16. The molecule has 94 valence electrons. The van der Waals surface area contributed by atoms with E-state index in [0.29, 0.717) is 24.1 Å². The molecule has 0 aliphatic rings. The summed E-state index contributed by atoms with van der Waals surface area (Å²) in [6.07, 6.45) is 1.14. The average molecular weight is 235 g/mol. The van der Waals surface area contributed by atoms with Crippen molar-refractivity contribution in [2.75, 3.05) is 0 Å². The van der Waals surface area contributed by atoms with Gasteiger partial charge in [0.05, 0.1) is 5.56 Å². The van der Waals surface area contributed by atoms with Gasteiger partial charge in [-0.15, -0.1) is 0 Å². The van der Waals surface area contributed by atoms with Crippen LogP contribution < -0.4 is 5.32 Å². The predicted octanol–water partition coefficient (Wildman–Crippen LogP) is 2.91. The molecule has 0 saturated carbocycles. The molecule has 1 aromatic rings. The summed E-state index contributed by atoms with van der Waals surface area (Å²) in [5.41, 5.74) is 1.36. The van der Waals surface area contributed by atoms with E-state index in [4.69, 9.17) is 5.11 Å². The van der Waals surface area contributed by atoms with E-state index < -0.39 is 5.97 Å². The number of carbonyl (C=O) groups is 1. The summed E-state index contributed by atoms with van der Waals surface area (Å²) in [6, 6.07) is 7.51. The molecule has 3 heteroatoms. The first-order valence-electron chi connectivity index (χ1n) is 6.10. The highest BCUT2D eigenvalue weighted by atomic mass is 16.4. The molecular formula is C14H21NO2. The summed E-state index contributed by atoms with van der Waals surface area (Å²) >= 11 is 0. The normalized spacial score (nSPS) is 14.3. The minimum Gasteiger partial charge on any atom is -0.478 e. The molecule has 17 heavy (non-hydrogen) atoms. The van der Waals surface area contributed by atoms with Crippen LogP contribution in [0.5, 0.6) is 0 Å². The molecular weight excluding hydrogens is 214 g/mol. The highest BCUT2D eigenvalue weighted by Gasteiger charge is 2.09. The molecule has 0 saturated heterocycles. The first kappa shape index (κ1) is 13.7. The predicted molar refractivity (Wildman–Crippen MR) is 69.2 cm³/mol. The SMILES string of the molecule is CCC(C)C(C)NCc1cccc(C(=O)O)c1. The molecule has 0 fully saturated rings. The highest BCUT2D eigenvalue weighted by molar-refractivity contribution is 5.87. The Bertz CT molecular complexity index is 376. The Labute approximate surface area is 103 Å². The molecule has 0 spiro atoms. The van der Waals surface area contributed by atoms with Crippen LogP contribution in [0.15, 0.2) is 24.3 Å². The molecule has 0 aliphatic carbocycles. The van der Waals surface area contributed by atoms with Crippen LogP contribution in [0, 0.1) is 5.92 Å². The molecule has 2 atom stereocenters. The Morgan fingerprint density at radius 3 is 2.71 bits per heavy atom. The minimum atomic E-state index is -0.873. The molecule has 1 rings (SSSR count). The van der Waals surface area contributed by atoms with Crippen LogP contribution in [-0.4, -0.2) is 17.1 Å². The minimum absolute atomic E-state index is 0.348. The van der Waals surface area contributed by atoms with Gasteiger partial charge in [0.2, 0.25) is 0 Å². The maximum Gasteiger partial charge on any atom is 0.335 e. The van der Waals surface area contributed by atoms with E-state index in [2.05, 4.69) is 26.1 Å². The second-order valence-corrected chi connectivity index (χ2v) is 4.56. The first-order valence-corrected chi connectivity index (χ1v) is 6.10. The number of aromatic carboxylic acids is 1. The maximum absolute atomic E-state index is 10.8. The quantitative estimate of drug-likeness (QED) is 0.797. The summed E-state index contributed by atoms with van der Waals surface area (Å²) in [7, 11) is 0. The van der Waals surface area contributed by atoms with Crippen molar-refractivity contribution in [1.29, 1.82) is 0 Å². The van der Waals surface area contributed by atoms with Gasteiger partial charge in [-0.3, -0.25) is 0 Å². The smallest absolute Gasteiger partial charge is 0.335 e. The number of rotatable bonds is 6. The van der Waals surface area contributed by atoms with Gasteiger partial charge in [0.25, 0.3) is 0 Å². The van der Waals surface area contributed by atoms with E-state index in [-0.39, 0.29) is 0 Å². The Balaban J connectivity index is 2.57. The third-order valence-electron chi connectivity index (χ3n) is 3.30. The number of nitrogens with one attached hydrogen (secondary N) is 1. The Morgan fingerprint density at radius 1 is 1.41 bits per heavy atom. The molecule has 2 N–H and O–H groups in total. The van der Waals surface area contributed by atoms with Crippen LogP contribution in [0.1, 0.15) is 43.1 Å². The van der Waals surface area contributed by atoms with Crippen molar-refractivity contribution >= 4 is 5.97 Å². The Morgan fingerprint density at radius 2 is 2.12 bits per heavy atom. The second-order valence-electron chi connectivity index (χ2n) is 4.56.